The monoisotopic (exact) mass is 302 g/mol. The van der Waals surface area contributed by atoms with Crippen molar-refractivity contribution in [2.24, 2.45) is 0 Å². The Kier molecular flexibility index (Phi) is 6.38. The van der Waals surface area contributed by atoms with Gasteiger partial charge in [-0.25, -0.2) is 4.39 Å². The standard InChI is InChI=1S/C13H16ClFN2O3/c1-16(6-4-2-3-5-14)13(18)10-7-11(15)9-12(8-10)17(19)20/h7-9H,2-6H2,1H3. The highest BCUT2D eigenvalue weighted by Gasteiger charge is 2.17. The average molecular weight is 303 g/mol. The zero-order chi connectivity index (χ0) is 15.1. The lowest BCUT2D eigenvalue weighted by molar-refractivity contribution is -0.385. The molecule has 0 saturated heterocycles. The van der Waals surface area contributed by atoms with Crippen LogP contribution < -0.4 is 0 Å². The van der Waals surface area contributed by atoms with Crippen LogP contribution in [-0.4, -0.2) is 35.2 Å². The van der Waals surface area contributed by atoms with Gasteiger partial charge in [-0.15, -0.1) is 11.6 Å². The summed E-state index contributed by atoms with van der Waals surface area (Å²) in [7, 11) is 1.58. The van der Waals surface area contributed by atoms with Crippen LogP contribution in [0.25, 0.3) is 0 Å². The highest BCUT2D eigenvalue weighted by atomic mass is 35.5. The molecule has 0 unspecified atom stereocenters. The molecule has 0 radical (unpaired) electrons. The molecule has 0 aliphatic rings. The summed E-state index contributed by atoms with van der Waals surface area (Å²) in [5.74, 6) is -0.648. The lowest BCUT2D eigenvalue weighted by Crippen LogP contribution is -2.27. The van der Waals surface area contributed by atoms with E-state index in [4.69, 9.17) is 11.6 Å². The van der Waals surface area contributed by atoms with Gasteiger partial charge in [-0.1, -0.05) is 6.42 Å². The van der Waals surface area contributed by atoms with Crippen molar-refractivity contribution in [3.05, 3.63) is 39.7 Å². The van der Waals surface area contributed by atoms with Crippen molar-refractivity contribution in [1.82, 2.24) is 4.90 Å². The van der Waals surface area contributed by atoms with Crippen LogP contribution >= 0.6 is 11.6 Å². The Morgan fingerprint density at radius 3 is 2.65 bits per heavy atom. The molecule has 1 aromatic rings. The fourth-order valence-electron chi connectivity index (χ4n) is 1.75. The van der Waals surface area contributed by atoms with Gasteiger partial charge in [-0.2, -0.15) is 0 Å². The molecular weight excluding hydrogens is 287 g/mol. The third-order valence-corrected chi connectivity index (χ3v) is 3.08. The van der Waals surface area contributed by atoms with E-state index in [2.05, 4.69) is 0 Å². The maximum absolute atomic E-state index is 13.3. The number of amides is 1. The zero-order valence-corrected chi connectivity index (χ0v) is 11.9. The van der Waals surface area contributed by atoms with Gasteiger partial charge in [0.15, 0.2) is 0 Å². The average Bonchev–Trinajstić information content (AvgIpc) is 2.41. The number of alkyl halides is 1. The summed E-state index contributed by atoms with van der Waals surface area (Å²) in [5, 5.41) is 10.6. The number of benzene rings is 1. The van der Waals surface area contributed by atoms with Gasteiger partial charge in [0.2, 0.25) is 0 Å². The molecule has 0 fully saturated rings. The van der Waals surface area contributed by atoms with Gasteiger partial charge in [0.25, 0.3) is 11.6 Å². The van der Waals surface area contributed by atoms with Gasteiger partial charge in [0.1, 0.15) is 5.82 Å². The second kappa shape index (κ2) is 7.79. The number of nitro benzene ring substituents is 1. The number of nitro groups is 1. The van der Waals surface area contributed by atoms with E-state index in [1.165, 1.54) is 4.90 Å². The third-order valence-electron chi connectivity index (χ3n) is 2.81. The molecule has 0 heterocycles. The van der Waals surface area contributed by atoms with E-state index < -0.39 is 22.3 Å². The number of nitrogens with zero attached hydrogens (tertiary/aromatic N) is 2. The molecule has 0 atom stereocenters. The molecule has 0 aliphatic carbocycles. The van der Waals surface area contributed by atoms with Crippen LogP contribution in [0.5, 0.6) is 0 Å². The van der Waals surface area contributed by atoms with E-state index in [-0.39, 0.29) is 5.56 Å². The molecule has 0 bridgehead atoms. The van der Waals surface area contributed by atoms with Crippen molar-refractivity contribution in [1.29, 1.82) is 0 Å². The molecule has 110 valence electrons. The molecule has 0 N–H and O–H groups in total. The van der Waals surface area contributed by atoms with E-state index in [1.54, 1.807) is 7.05 Å². The van der Waals surface area contributed by atoms with Crippen LogP contribution in [0, 0.1) is 15.9 Å². The fraction of sp³-hybridized carbons (Fsp3) is 0.462. The first-order chi connectivity index (χ1) is 9.45. The summed E-state index contributed by atoms with van der Waals surface area (Å²) in [4.78, 5) is 23.4. The lowest BCUT2D eigenvalue weighted by Gasteiger charge is -2.17. The van der Waals surface area contributed by atoms with Gasteiger partial charge < -0.3 is 4.90 Å². The molecule has 1 rings (SSSR count). The number of unbranched alkanes of at least 4 members (excludes halogenated alkanes) is 2. The largest absolute Gasteiger partial charge is 0.342 e. The maximum atomic E-state index is 13.3. The van der Waals surface area contributed by atoms with Crippen LogP contribution in [0.4, 0.5) is 10.1 Å². The number of rotatable bonds is 7. The second-order valence-corrected chi connectivity index (χ2v) is 4.81. The minimum atomic E-state index is -0.793. The number of carbonyl (C=O) groups is 1. The lowest BCUT2D eigenvalue weighted by atomic mass is 10.1. The van der Waals surface area contributed by atoms with E-state index in [1.807, 2.05) is 0 Å². The van der Waals surface area contributed by atoms with Crippen molar-refractivity contribution in [3.63, 3.8) is 0 Å². The Balaban J connectivity index is 2.73. The number of hydrogen-bond acceptors (Lipinski definition) is 3. The fourth-order valence-corrected chi connectivity index (χ4v) is 1.93. The number of hydrogen-bond donors (Lipinski definition) is 0. The first-order valence-electron chi connectivity index (χ1n) is 6.22. The van der Waals surface area contributed by atoms with Crippen molar-refractivity contribution >= 4 is 23.2 Å². The highest BCUT2D eigenvalue weighted by molar-refractivity contribution is 6.17. The Morgan fingerprint density at radius 1 is 1.35 bits per heavy atom. The molecule has 1 aromatic carbocycles. The van der Waals surface area contributed by atoms with E-state index >= 15 is 0 Å². The number of halogens is 2. The van der Waals surface area contributed by atoms with Crippen LogP contribution in [0.15, 0.2) is 18.2 Å². The van der Waals surface area contributed by atoms with Crippen LogP contribution in [0.3, 0.4) is 0 Å². The molecule has 0 aromatic heterocycles. The van der Waals surface area contributed by atoms with Crippen LogP contribution in [-0.2, 0) is 0 Å². The maximum Gasteiger partial charge on any atom is 0.273 e. The van der Waals surface area contributed by atoms with Crippen molar-refractivity contribution in [2.75, 3.05) is 19.5 Å². The quantitative estimate of drug-likeness (QED) is 0.336. The molecule has 1 amide bonds. The summed E-state index contributed by atoms with van der Waals surface area (Å²) >= 11 is 5.55. The Bertz CT molecular complexity index is 497. The zero-order valence-electron chi connectivity index (χ0n) is 11.1. The molecule has 0 aliphatic heterocycles. The van der Waals surface area contributed by atoms with Gasteiger partial charge >= 0.3 is 0 Å². The second-order valence-electron chi connectivity index (χ2n) is 4.43. The summed E-state index contributed by atoms with van der Waals surface area (Å²) in [6.45, 7) is 0.500. The van der Waals surface area contributed by atoms with Crippen molar-refractivity contribution in [3.8, 4) is 0 Å². The molecule has 0 saturated carbocycles. The minimum Gasteiger partial charge on any atom is -0.342 e. The predicted molar refractivity (Wildman–Crippen MR) is 74.6 cm³/mol. The molecular formula is C13H16ClFN2O3. The Hall–Kier alpha value is -1.69. The third kappa shape index (κ3) is 4.77. The summed E-state index contributed by atoms with van der Waals surface area (Å²) in [6, 6.07) is 2.88. The first kappa shape index (κ1) is 16.4. The summed E-state index contributed by atoms with van der Waals surface area (Å²) in [6.07, 6.45) is 2.55. The first-order valence-corrected chi connectivity index (χ1v) is 6.75. The van der Waals surface area contributed by atoms with Crippen LogP contribution in [0.2, 0.25) is 0 Å². The topological polar surface area (TPSA) is 63.5 Å². The summed E-state index contributed by atoms with van der Waals surface area (Å²) in [5.41, 5.74) is -0.444. The highest BCUT2D eigenvalue weighted by Crippen LogP contribution is 2.17. The van der Waals surface area contributed by atoms with Gasteiger partial charge in [-0.05, 0) is 18.9 Å². The SMILES string of the molecule is CN(CCCCCCl)C(=O)c1cc(F)cc([N+](=O)[O-])c1. The predicted octanol–water partition coefficient (Wildman–Crippen LogP) is 3.22. The molecule has 5 nitrogen and oxygen atoms in total. The normalized spacial score (nSPS) is 10.3. The van der Waals surface area contributed by atoms with Gasteiger partial charge in [-0.3, -0.25) is 14.9 Å². The van der Waals surface area contributed by atoms with E-state index in [9.17, 15) is 19.3 Å². The minimum absolute atomic E-state index is 0.0171. The Labute approximate surface area is 121 Å². The Morgan fingerprint density at radius 2 is 2.05 bits per heavy atom. The van der Waals surface area contributed by atoms with Crippen molar-refractivity contribution in [2.45, 2.75) is 19.3 Å². The van der Waals surface area contributed by atoms with Gasteiger partial charge in [0.05, 0.1) is 11.0 Å². The number of non-ortho nitro benzene ring substituents is 1. The van der Waals surface area contributed by atoms with Crippen molar-refractivity contribution < 1.29 is 14.1 Å². The molecule has 7 heteroatoms. The number of carbonyl (C=O) groups excluding carboxylic acids is 1. The smallest absolute Gasteiger partial charge is 0.273 e. The van der Waals surface area contributed by atoms with Crippen LogP contribution in [0.1, 0.15) is 29.6 Å². The summed E-state index contributed by atoms with van der Waals surface area (Å²) < 4.78 is 13.3. The van der Waals surface area contributed by atoms with Gasteiger partial charge in [0, 0.05) is 31.1 Å². The molecule has 0 spiro atoms. The van der Waals surface area contributed by atoms with E-state index in [0.29, 0.717) is 12.4 Å². The van der Waals surface area contributed by atoms with E-state index in [0.717, 1.165) is 37.5 Å². The molecule has 20 heavy (non-hydrogen) atoms.